The van der Waals surface area contributed by atoms with Crippen molar-refractivity contribution in [2.75, 3.05) is 0 Å². The van der Waals surface area contributed by atoms with Crippen LogP contribution in [0.3, 0.4) is 0 Å². The second-order valence-corrected chi connectivity index (χ2v) is 7.04. The third-order valence-electron chi connectivity index (χ3n) is 4.87. The Hall–Kier alpha value is -4.51. The minimum atomic E-state index is -0.629. The molecule has 0 bridgehead atoms. The van der Waals surface area contributed by atoms with Gasteiger partial charge in [-0.05, 0) is 48.0 Å². The molecule has 2 N–H and O–H groups in total. The smallest absolute Gasteiger partial charge is 0.271 e. The fourth-order valence-electron chi connectivity index (χ4n) is 3.39. The van der Waals surface area contributed by atoms with Gasteiger partial charge in [-0.15, -0.1) is 0 Å². The molecule has 8 heteroatoms. The molecule has 0 aliphatic heterocycles. The summed E-state index contributed by atoms with van der Waals surface area (Å²) >= 11 is 0. The summed E-state index contributed by atoms with van der Waals surface area (Å²) < 4.78 is 28.8. The van der Waals surface area contributed by atoms with Crippen LogP contribution in [0.5, 0.6) is 5.75 Å². The number of hydrazone groups is 1. The predicted octanol–water partition coefficient (Wildman–Crippen LogP) is 4.31. The first-order valence-electron chi connectivity index (χ1n) is 9.54. The van der Waals surface area contributed by atoms with E-state index in [9.17, 15) is 18.7 Å². The van der Waals surface area contributed by atoms with Gasteiger partial charge >= 0.3 is 0 Å². The molecule has 1 amide bonds. The van der Waals surface area contributed by atoms with Crippen LogP contribution in [0.15, 0.2) is 72.0 Å². The average Bonchev–Trinajstić information content (AvgIpc) is 3.17. The van der Waals surface area contributed by atoms with E-state index in [0.717, 1.165) is 22.5 Å². The number of nitrogens with zero attached hydrogens (tertiary/aromatic N) is 3. The minimum Gasteiger partial charge on any atom is -0.507 e. The normalized spacial score (nSPS) is 11.0. The Balaban J connectivity index is 1.53. The molecule has 0 unspecified atom stereocenters. The van der Waals surface area contributed by atoms with Gasteiger partial charge in [0.05, 0.1) is 11.8 Å². The second kappa shape index (κ2) is 8.70. The molecule has 1 heterocycles. The fourth-order valence-corrected chi connectivity index (χ4v) is 3.39. The molecule has 3 aromatic carbocycles. The SMILES string of the molecule is N#Cc1cc(C(=O)N/N=C/c2cccc3c2ccn3Cc2cc(F)cc(F)c2)ccc1O. The van der Waals surface area contributed by atoms with E-state index < -0.39 is 17.5 Å². The van der Waals surface area contributed by atoms with Crippen molar-refractivity contribution in [3.05, 3.63) is 101 Å². The van der Waals surface area contributed by atoms with Crippen molar-refractivity contribution in [3.63, 3.8) is 0 Å². The summed E-state index contributed by atoms with van der Waals surface area (Å²) in [6, 6.07) is 16.5. The molecule has 4 rings (SSSR count). The van der Waals surface area contributed by atoms with Crippen LogP contribution in [0, 0.1) is 23.0 Å². The highest BCUT2D eigenvalue weighted by Crippen LogP contribution is 2.21. The Morgan fingerprint density at radius 1 is 1.12 bits per heavy atom. The topological polar surface area (TPSA) is 90.4 Å². The summed E-state index contributed by atoms with van der Waals surface area (Å²) in [7, 11) is 0. The number of halogens is 2. The van der Waals surface area contributed by atoms with Gasteiger partial charge in [-0.1, -0.05) is 12.1 Å². The number of benzene rings is 3. The molecule has 0 aliphatic rings. The number of amides is 1. The van der Waals surface area contributed by atoms with Crippen molar-refractivity contribution >= 4 is 23.0 Å². The molecule has 1 aromatic heterocycles. The molecular weight excluding hydrogens is 414 g/mol. The van der Waals surface area contributed by atoms with Gasteiger partial charge in [0, 0.05) is 40.8 Å². The lowest BCUT2D eigenvalue weighted by Gasteiger charge is -2.07. The number of rotatable bonds is 5. The summed E-state index contributed by atoms with van der Waals surface area (Å²) in [6.07, 6.45) is 3.29. The van der Waals surface area contributed by atoms with Crippen LogP contribution in [0.25, 0.3) is 10.9 Å². The van der Waals surface area contributed by atoms with Crippen molar-refractivity contribution in [2.45, 2.75) is 6.54 Å². The molecule has 4 aromatic rings. The number of nitriles is 1. The fraction of sp³-hybridized carbons (Fsp3) is 0.0417. The second-order valence-electron chi connectivity index (χ2n) is 7.04. The Kier molecular flexibility index (Phi) is 5.64. The van der Waals surface area contributed by atoms with Crippen molar-refractivity contribution in [1.82, 2.24) is 9.99 Å². The molecule has 0 aliphatic carbocycles. The first kappa shape index (κ1) is 20.8. The number of nitrogens with one attached hydrogen (secondary N) is 1. The number of phenolic OH excluding ortho intramolecular Hbond substituents is 1. The number of carbonyl (C=O) groups excluding carboxylic acids is 1. The van der Waals surface area contributed by atoms with E-state index in [1.165, 1.54) is 36.5 Å². The highest BCUT2D eigenvalue weighted by molar-refractivity contribution is 6.00. The number of aromatic hydroxyl groups is 1. The zero-order valence-electron chi connectivity index (χ0n) is 16.6. The van der Waals surface area contributed by atoms with Gasteiger partial charge in [0.25, 0.3) is 5.91 Å². The van der Waals surface area contributed by atoms with E-state index in [1.54, 1.807) is 6.07 Å². The molecule has 0 atom stereocenters. The summed E-state index contributed by atoms with van der Waals surface area (Å²) in [5.74, 6) is -1.99. The molecule has 0 saturated heterocycles. The van der Waals surface area contributed by atoms with Gasteiger partial charge in [-0.25, -0.2) is 14.2 Å². The number of fused-ring (bicyclic) bond motifs is 1. The van der Waals surface area contributed by atoms with Crippen molar-refractivity contribution < 1.29 is 18.7 Å². The maximum absolute atomic E-state index is 13.5. The van der Waals surface area contributed by atoms with Crippen LogP contribution < -0.4 is 5.43 Å². The molecule has 0 radical (unpaired) electrons. The number of aromatic nitrogens is 1. The standard InChI is InChI=1S/C24H16F2N4O2/c25-19-8-15(9-20(26)11-19)14-30-7-6-21-17(2-1-3-22(21)30)13-28-29-24(32)16-4-5-23(31)18(10-16)12-27/h1-11,13,31H,14H2,(H,29,32)/b28-13+. The van der Waals surface area contributed by atoms with E-state index in [1.807, 2.05) is 35.0 Å². The third-order valence-corrected chi connectivity index (χ3v) is 4.87. The van der Waals surface area contributed by atoms with E-state index >= 15 is 0 Å². The van der Waals surface area contributed by atoms with E-state index in [4.69, 9.17) is 5.26 Å². The van der Waals surface area contributed by atoms with Gasteiger partial charge in [0.1, 0.15) is 23.5 Å². The summed E-state index contributed by atoms with van der Waals surface area (Å²) in [5.41, 5.74) is 4.63. The van der Waals surface area contributed by atoms with Crippen molar-refractivity contribution in [1.29, 1.82) is 5.26 Å². The first-order chi connectivity index (χ1) is 15.4. The quantitative estimate of drug-likeness (QED) is 0.365. The van der Waals surface area contributed by atoms with Crippen LogP contribution in [-0.2, 0) is 6.54 Å². The van der Waals surface area contributed by atoms with Crippen LogP contribution >= 0.6 is 0 Å². The monoisotopic (exact) mass is 430 g/mol. The van der Waals surface area contributed by atoms with Gasteiger partial charge in [0.2, 0.25) is 0 Å². The van der Waals surface area contributed by atoms with Gasteiger partial charge in [-0.2, -0.15) is 10.4 Å². The highest BCUT2D eigenvalue weighted by atomic mass is 19.1. The molecule has 0 spiro atoms. The summed E-state index contributed by atoms with van der Waals surface area (Å²) in [6.45, 7) is 0.289. The molecule has 158 valence electrons. The van der Waals surface area contributed by atoms with E-state index in [-0.39, 0.29) is 23.4 Å². The lowest BCUT2D eigenvalue weighted by Crippen LogP contribution is -2.17. The Labute approximate surface area is 181 Å². The summed E-state index contributed by atoms with van der Waals surface area (Å²) in [5, 5.41) is 23.3. The maximum Gasteiger partial charge on any atom is 0.271 e. The molecular formula is C24H16F2N4O2. The number of hydrogen-bond donors (Lipinski definition) is 2. The minimum absolute atomic E-state index is 0.00841. The first-order valence-corrected chi connectivity index (χ1v) is 9.54. The zero-order valence-corrected chi connectivity index (χ0v) is 16.6. The Bertz CT molecular complexity index is 1380. The molecule has 32 heavy (non-hydrogen) atoms. The number of carbonyl (C=O) groups is 1. The van der Waals surface area contributed by atoms with Crippen LogP contribution in [-0.4, -0.2) is 21.8 Å². The van der Waals surface area contributed by atoms with Crippen LogP contribution in [0.2, 0.25) is 0 Å². The third kappa shape index (κ3) is 4.32. The zero-order chi connectivity index (χ0) is 22.7. The Morgan fingerprint density at radius 3 is 2.66 bits per heavy atom. The highest BCUT2D eigenvalue weighted by Gasteiger charge is 2.09. The van der Waals surface area contributed by atoms with E-state index in [0.29, 0.717) is 5.56 Å². The van der Waals surface area contributed by atoms with Crippen molar-refractivity contribution in [3.8, 4) is 11.8 Å². The Morgan fingerprint density at radius 2 is 1.91 bits per heavy atom. The molecule has 6 nitrogen and oxygen atoms in total. The van der Waals surface area contributed by atoms with Crippen LogP contribution in [0.4, 0.5) is 8.78 Å². The number of hydrogen-bond acceptors (Lipinski definition) is 4. The largest absolute Gasteiger partial charge is 0.507 e. The van der Waals surface area contributed by atoms with Gasteiger partial charge in [-0.3, -0.25) is 4.79 Å². The lowest BCUT2D eigenvalue weighted by atomic mass is 10.1. The van der Waals surface area contributed by atoms with Gasteiger partial charge in [0.15, 0.2) is 0 Å². The molecule has 0 saturated carbocycles. The van der Waals surface area contributed by atoms with Crippen LogP contribution in [0.1, 0.15) is 27.0 Å². The lowest BCUT2D eigenvalue weighted by molar-refractivity contribution is 0.0955. The summed E-state index contributed by atoms with van der Waals surface area (Å²) in [4.78, 5) is 12.3. The van der Waals surface area contributed by atoms with Gasteiger partial charge < -0.3 is 9.67 Å². The average molecular weight is 430 g/mol. The number of phenols is 1. The van der Waals surface area contributed by atoms with Crippen molar-refractivity contribution in [2.24, 2.45) is 5.10 Å². The predicted molar refractivity (Wildman–Crippen MR) is 115 cm³/mol. The molecule has 0 fully saturated rings. The van der Waals surface area contributed by atoms with E-state index in [2.05, 4.69) is 10.5 Å². The maximum atomic E-state index is 13.5.